The Balaban J connectivity index is 1.64. The van der Waals surface area contributed by atoms with Crippen LogP contribution in [0.5, 0.6) is 0 Å². The maximum Gasteiger partial charge on any atom is 0.293 e. The van der Waals surface area contributed by atoms with Crippen LogP contribution >= 0.6 is 46.6 Å². The first-order valence-corrected chi connectivity index (χ1v) is 11.3. The van der Waals surface area contributed by atoms with Crippen LogP contribution < -0.4 is 0 Å². The molecule has 158 valence electrons. The number of carbonyl (C=O) groups is 2. The summed E-state index contributed by atoms with van der Waals surface area (Å²) in [6.07, 6.45) is 1.76. The van der Waals surface area contributed by atoms with Crippen molar-refractivity contribution in [2.75, 3.05) is 0 Å². The van der Waals surface area contributed by atoms with E-state index in [9.17, 15) is 9.59 Å². The molecule has 1 aromatic heterocycles. The summed E-state index contributed by atoms with van der Waals surface area (Å²) in [7, 11) is 0. The molecule has 0 aliphatic carbocycles. The number of imide groups is 1. The van der Waals surface area contributed by atoms with Crippen LogP contribution in [-0.4, -0.2) is 20.6 Å². The lowest BCUT2D eigenvalue weighted by Crippen LogP contribution is -2.27. The number of rotatable bonds is 4. The van der Waals surface area contributed by atoms with Crippen LogP contribution in [-0.2, 0) is 11.3 Å². The van der Waals surface area contributed by atoms with Gasteiger partial charge in [-0.2, -0.15) is 0 Å². The summed E-state index contributed by atoms with van der Waals surface area (Å²) in [6, 6.07) is 14.5. The van der Waals surface area contributed by atoms with E-state index in [1.54, 1.807) is 36.4 Å². The Labute approximate surface area is 199 Å². The van der Waals surface area contributed by atoms with Gasteiger partial charge in [-0.1, -0.05) is 46.9 Å². The summed E-state index contributed by atoms with van der Waals surface area (Å²) < 4.78 is 2.03. The average Bonchev–Trinajstić information content (AvgIpc) is 3.14. The monoisotopic (exact) mass is 490 g/mol. The minimum atomic E-state index is -0.311. The molecule has 0 saturated carbocycles. The minimum Gasteiger partial charge on any atom is -0.318 e. The minimum absolute atomic E-state index is 0.185. The van der Waals surface area contributed by atoms with Crippen molar-refractivity contribution in [3.05, 3.63) is 91.0 Å². The average molecular weight is 492 g/mol. The molecule has 0 atom stereocenters. The highest BCUT2D eigenvalue weighted by Crippen LogP contribution is 2.35. The van der Waals surface area contributed by atoms with Crippen molar-refractivity contribution in [2.45, 2.75) is 20.4 Å². The van der Waals surface area contributed by atoms with Gasteiger partial charge in [-0.15, -0.1) is 0 Å². The van der Waals surface area contributed by atoms with Crippen molar-refractivity contribution in [1.82, 2.24) is 9.47 Å². The largest absolute Gasteiger partial charge is 0.318 e. The van der Waals surface area contributed by atoms with Crippen LogP contribution in [0.2, 0.25) is 15.1 Å². The van der Waals surface area contributed by atoms with E-state index in [4.69, 9.17) is 34.8 Å². The molecule has 0 unspecified atom stereocenters. The Hall–Kier alpha value is -2.18. The topological polar surface area (TPSA) is 42.3 Å². The molecule has 0 spiro atoms. The SMILES string of the molecule is Cc1cc(/C=C2\SC(=O)N(Cc3cccc(Cl)c3)C2=O)c(C)n1-c1ccc(Cl)c(Cl)c1. The van der Waals surface area contributed by atoms with Crippen LogP contribution in [0.4, 0.5) is 4.79 Å². The number of halogens is 3. The zero-order valence-corrected chi connectivity index (χ0v) is 19.7. The van der Waals surface area contributed by atoms with E-state index in [-0.39, 0.29) is 17.7 Å². The second-order valence-electron chi connectivity index (χ2n) is 7.16. The maximum atomic E-state index is 12.9. The Morgan fingerprint density at radius 2 is 1.74 bits per heavy atom. The molecule has 1 fully saturated rings. The van der Waals surface area contributed by atoms with Gasteiger partial charge in [0.25, 0.3) is 11.1 Å². The number of aryl methyl sites for hydroxylation is 1. The first kappa shape index (κ1) is 22.0. The van der Waals surface area contributed by atoms with Gasteiger partial charge >= 0.3 is 0 Å². The summed E-state index contributed by atoms with van der Waals surface area (Å²) in [4.78, 5) is 27.0. The van der Waals surface area contributed by atoms with Crippen molar-refractivity contribution in [2.24, 2.45) is 0 Å². The molecule has 4 nitrogen and oxygen atoms in total. The van der Waals surface area contributed by atoms with Crippen LogP contribution in [0.3, 0.4) is 0 Å². The number of amides is 2. The second-order valence-corrected chi connectivity index (χ2v) is 9.40. The van der Waals surface area contributed by atoms with E-state index in [1.807, 2.05) is 36.6 Å². The summed E-state index contributed by atoms with van der Waals surface area (Å²) in [5, 5.41) is 1.22. The summed E-state index contributed by atoms with van der Waals surface area (Å²) in [5.74, 6) is -0.311. The molecule has 1 aliphatic heterocycles. The van der Waals surface area contributed by atoms with Crippen molar-refractivity contribution >= 4 is 63.8 Å². The van der Waals surface area contributed by atoms with Gasteiger partial charge in [0.15, 0.2) is 0 Å². The molecule has 2 aromatic carbocycles. The fourth-order valence-electron chi connectivity index (χ4n) is 3.55. The number of hydrogen-bond donors (Lipinski definition) is 0. The van der Waals surface area contributed by atoms with Gasteiger partial charge in [0, 0.05) is 22.1 Å². The van der Waals surface area contributed by atoms with Gasteiger partial charge in [-0.25, -0.2) is 0 Å². The molecule has 1 aliphatic rings. The fraction of sp³-hybridized carbons (Fsp3) is 0.130. The molecule has 3 aromatic rings. The molecular formula is C23H17Cl3N2O2S. The van der Waals surface area contributed by atoms with Crippen molar-refractivity contribution in [3.63, 3.8) is 0 Å². The highest BCUT2D eigenvalue weighted by Gasteiger charge is 2.35. The smallest absolute Gasteiger partial charge is 0.293 e. The summed E-state index contributed by atoms with van der Waals surface area (Å²) >= 11 is 19.2. The number of thioether (sulfide) groups is 1. The number of benzene rings is 2. The Bertz CT molecular complexity index is 1250. The van der Waals surface area contributed by atoms with Gasteiger partial charge < -0.3 is 4.57 Å². The van der Waals surface area contributed by atoms with Gasteiger partial charge in [0.1, 0.15) is 0 Å². The third kappa shape index (κ3) is 4.41. The lowest BCUT2D eigenvalue weighted by molar-refractivity contribution is -0.123. The fourth-order valence-corrected chi connectivity index (χ4v) is 4.89. The third-order valence-corrected chi connectivity index (χ3v) is 6.90. The normalized spacial score (nSPS) is 15.4. The van der Waals surface area contributed by atoms with Crippen LogP contribution in [0.15, 0.2) is 53.4 Å². The molecule has 0 bridgehead atoms. The molecule has 0 N–H and O–H groups in total. The Morgan fingerprint density at radius 3 is 2.45 bits per heavy atom. The number of nitrogens with zero attached hydrogens (tertiary/aromatic N) is 2. The first-order valence-electron chi connectivity index (χ1n) is 9.39. The highest BCUT2D eigenvalue weighted by atomic mass is 35.5. The van der Waals surface area contributed by atoms with Crippen LogP contribution in [0, 0.1) is 13.8 Å². The molecule has 31 heavy (non-hydrogen) atoms. The molecule has 1 saturated heterocycles. The zero-order valence-electron chi connectivity index (χ0n) is 16.7. The number of carbonyl (C=O) groups excluding carboxylic acids is 2. The van der Waals surface area contributed by atoms with Crippen LogP contribution in [0.1, 0.15) is 22.5 Å². The predicted octanol–water partition coefficient (Wildman–Crippen LogP) is 7.29. The third-order valence-electron chi connectivity index (χ3n) is 5.02. The zero-order chi connectivity index (χ0) is 22.3. The first-order chi connectivity index (χ1) is 14.7. The lowest BCUT2D eigenvalue weighted by Gasteiger charge is -2.12. The highest BCUT2D eigenvalue weighted by molar-refractivity contribution is 8.18. The van der Waals surface area contributed by atoms with E-state index in [0.717, 1.165) is 40.0 Å². The van der Waals surface area contributed by atoms with Crippen molar-refractivity contribution < 1.29 is 9.59 Å². The molecular weight excluding hydrogens is 475 g/mol. The van der Waals surface area contributed by atoms with E-state index in [1.165, 1.54) is 4.90 Å². The van der Waals surface area contributed by atoms with Crippen molar-refractivity contribution in [1.29, 1.82) is 0 Å². The number of hydrogen-bond acceptors (Lipinski definition) is 3. The number of aromatic nitrogens is 1. The van der Waals surface area contributed by atoms with Gasteiger partial charge in [-0.3, -0.25) is 14.5 Å². The molecule has 8 heteroatoms. The van der Waals surface area contributed by atoms with Gasteiger partial charge in [0.2, 0.25) is 0 Å². The molecule has 2 amide bonds. The second kappa shape index (κ2) is 8.75. The predicted molar refractivity (Wildman–Crippen MR) is 128 cm³/mol. The van der Waals surface area contributed by atoms with Crippen LogP contribution in [0.25, 0.3) is 11.8 Å². The Morgan fingerprint density at radius 1 is 0.968 bits per heavy atom. The lowest BCUT2D eigenvalue weighted by atomic mass is 10.2. The Kier molecular flexibility index (Phi) is 6.22. The van der Waals surface area contributed by atoms with Gasteiger partial charge in [0.05, 0.1) is 21.5 Å². The van der Waals surface area contributed by atoms with Crippen molar-refractivity contribution in [3.8, 4) is 5.69 Å². The molecule has 2 heterocycles. The van der Waals surface area contributed by atoms with E-state index in [0.29, 0.717) is 20.0 Å². The van der Waals surface area contributed by atoms with E-state index < -0.39 is 0 Å². The molecule has 4 rings (SSSR count). The summed E-state index contributed by atoms with van der Waals surface area (Å²) in [5.41, 5.74) is 4.43. The standard InChI is InChI=1S/C23H17Cl3N2O2S/c1-13-8-16(14(2)28(13)18-6-7-19(25)20(26)11-18)10-21-22(29)27(23(30)31-21)12-15-4-3-5-17(24)9-15/h3-11H,12H2,1-2H3/b21-10-. The van der Waals surface area contributed by atoms with E-state index >= 15 is 0 Å². The maximum absolute atomic E-state index is 12.9. The van der Waals surface area contributed by atoms with E-state index in [2.05, 4.69) is 0 Å². The van der Waals surface area contributed by atoms with Gasteiger partial charge in [-0.05, 0) is 79.2 Å². The molecule has 0 radical (unpaired) electrons. The quantitative estimate of drug-likeness (QED) is 0.360. The summed E-state index contributed by atoms with van der Waals surface area (Å²) in [6.45, 7) is 4.11.